The molecule has 0 unspecified atom stereocenters. The van der Waals surface area contributed by atoms with E-state index in [1.165, 1.54) is 24.4 Å². The maximum absolute atomic E-state index is 13.4. The second-order valence-corrected chi connectivity index (χ2v) is 3.74. The van der Waals surface area contributed by atoms with Crippen LogP contribution in [0.5, 0.6) is 0 Å². The first-order valence-electron chi connectivity index (χ1n) is 4.91. The highest BCUT2D eigenvalue weighted by molar-refractivity contribution is 6.28. The Labute approximate surface area is 107 Å². The minimum absolute atomic E-state index is 0.0131. The summed E-state index contributed by atoms with van der Waals surface area (Å²) in [5, 5.41) is 2.38. The number of nitrogen functional groups attached to an aromatic ring is 1. The topological polar surface area (TPSA) is 80.9 Å². The molecule has 5 nitrogen and oxygen atoms in total. The summed E-state index contributed by atoms with van der Waals surface area (Å²) in [5.74, 6) is -1.14. The zero-order valence-corrected chi connectivity index (χ0v) is 9.78. The van der Waals surface area contributed by atoms with Crippen molar-refractivity contribution in [1.82, 2.24) is 9.97 Å². The number of benzene rings is 1. The first-order chi connectivity index (χ1) is 8.56. The van der Waals surface area contributed by atoms with E-state index in [0.29, 0.717) is 5.69 Å². The summed E-state index contributed by atoms with van der Waals surface area (Å²) in [6, 6.07) is 5.17. The van der Waals surface area contributed by atoms with Gasteiger partial charge in [-0.25, -0.2) is 14.4 Å². The molecular formula is C11H8ClFN4O. The van der Waals surface area contributed by atoms with Crippen LogP contribution in [0.2, 0.25) is 5.28 Å². The third kappa shape index (κ3) is 2.72. The molecule has 0 bridgehead atoms. The normalized spacial score (nSPS) is 10.1. The standard InChI is InChI=1S/C11H8ClFN4O/c12-11-15-4-3-9(17-11)16-10(18)7-5-6(14)1-2-8(7)13/h1-5H,14H2,(H,15,16,17,18). The maximum atomic E-state index is 13.4. The molecule has 3 N–H and O–H groups in total. The van der Waals surface area contributed by atoms with Crippen molar-refractivity contribution in [3.63, 3.8) is 0 Å². The first-order valence-corrected chi connectivity index (χ1v) is 5.29. The summed E-state index contributed by atoms with van der Waals surface area (Å²) in [6.07, 6.45) is 1.38. The summed E-state index contributed by atoms with van der Waals surface area (Å²) in [5.41, 5.74) is 5.62. The number of amides is 1. The molecule has 0 radical (unpaired) electrons. The van der Waals surface area contributed by atoms with Crippen molar-refractivity contribution >= 4 is 29.0 Å². The van der Waals surface area contributed by atoms with Crippen LogP contribution in [-0.4, -0.2) is 15.9 Å². The largest absolute Gasteiger partial charge is 0.399 e. The highest BCUT2D eigenvalue weighted by atomic mass is 35.5. The van der Waals surface area contributed by atoms with Gasteiger partial charge >= 0.3 is 0 Å². The van der Waals surface area contributed by atoms with Gasteiger partial charge in [0.25, 0.3) is 5.91 Å². The summed E-state index contributed by atoms with van der Waals surface area (Å²) >= 11 is 5.56. The third-order valence-electron chi connectivity index (χ3n) is 2.10. The molecule has 1 amide bonds. The number of halogens is 2. The van der Waals surface area contributed by atoms with Crippen molar-refractivity contribution in [3.8, 4) is 0 Å². The van der Waals surface area contributed by atoms with Crippen molar-refractivity contribution in [2.45, 2.75) is 0 Å². The maximum Gasteiger partial charge on any atom is 0.259 e. The van der Waals surface area contributed by atoms with Crippen LogP contribution >= 0.6 is 11.6 Å². The van der Waals surface area contributed by atoms with Gasteiger partial charge in [-0.15, -0.1) is 0 Å². The SMILES string of the molecule is Nc1ccc(F)c(C(=O)Nc2ccnc(Cl)n2)c1. The Balaban J connectivity index is 2.24. The van der Waals surface area contributed by atoms with Crippen molar-refractivity contribution in [3.05, 3.63) is 47.1 Å². The van der Waals surface area contributed by atoms with E-state index in [2.05, 4.69) is 15.3 Å². The molecule has 1 aromatic heterocycles. The summed E-state index contributed by atoms with van der Waals surface area (Å²) in [6.45, 7) is 0. The van der Waals surface area contributed by atoms with Crippen LogP contribution in [0.4, 0.5) is 15.9 Å². The average Bonchev–Trinajstić information content (AvgIpc) is 2.32. The Bertz CT molecular complexity index is 605. The molecule has 2 rings (SSSR count). The number of aromatic nitrogens is 2. The predicted octanol–water partition coefficient (Wildman–Crippen LogP) is 2.10. The molecule has 18 heavy (non-hydrogen) atoms. The third-order valence-corrected chi connectivity index (χ3v) is 2.28. The van der Waals surface area contributed by atoms with E-state index in [1.807, 2.05) is 0 Å². The molecule has 0 fully saturated rings. The van der Waals surface area contributed by atoms with Gasteiger partial charge in [0.15, 0.2) is 0 Å². The molecule has 0 saturated carbocycles. The van der Waals surface area contributed by atoms with Crippen LogP contribution in [0.15, 0.2) is 30.5 Å². The number of hydrogen-bond donors (Lipinski definition) is 2. The Kier molecular flexibility index (Phi) is 3.38. The van der Waals surface area contributed by atoms with Gasteiger partial charge in [-0.3, -0.25) is 4.79 Å². The fraction of sp³-hybridized carbons (Fsp3) is 0. The number of hydrogen-bond acceptors (Lipinski definition) is 4. The lowest BCUT2D eigenvalue weighted by atomic mass is 10.2. The summed E-state index contributed by atoms with van der Waals surface area (Å²) in [7, 11) is 0. The molecule has 92 valence electrons. The van der Waals surface area contributed by atoms with E-state index in [-0.39, 0.29) is 16.7 Å². The second-order valence-electron chi connectivity index (χ2n) is 3.40. The van der Waals surface area contributed by atoms with Crippen LogP contribution in [0.1, 0.15) is 10.4 Å². The van der Waals surface area contributed by atoms with Crippen LogP contribution in [0.25, 0.3) is 0 Å². The Morgan fingerprint density at radius 3 is 2.89 bits per heavy atom. The molecule has 0 saturated heterocycles. The smallest absolute Gasteiger partial charge is 0.259 e. The molecule has 0 aliphatic heterocycles. The molecule has 0 aliphatic rings. The highest BCUT2D eigenvalue weighted by Crippen LogP contribution is 2.14. The van der Waals surface area contributed by atoms with Crippen molar-refractivity contribution in [2.75, 3.05) is 11.1 Å². The molecule has 1 heterocycles. The van der Waals surface area contributed by atoms with E-state index in [1.54, 1.807) is 0 Å². The van der Waals surface area contributed by atoms with Crippen molar-refractivity contribution in [2.24, 2.45) is 0 Å². The number of nitrogens with zero attached hydrogens (tertiary/aromatic N) is 2. The van der Waals surface area contributed by atoms with Gasteiger partial charge in [0.1, 0.15) is 11.6 Å². The van der Waals surface area contributed by atoms with Crippen LogP contribution < -0.4 is 11.1 Å². The lowest BCUT2D eigenvalue weighted by molar-refractivity contribution is 0.102. The minimum Gasteiger partial charge on any atom is -0.399 e. The fourth-order valence-corrected chi connectivity index (χ4v) is 1.45. The second kappa shape index (κ2) is 4.97. The molecular weight excluding hydrogens is 259 g/mol. The van der Waals surface area contributed by atoms with Gasteiger partial charge in [0.05, 0.1) is 5.56 Å². The molecule has 1 aromatic carbocycles. The predicted molar refractivity (Wildman–Crippen MR) is 65.8 cm³/mol. The number of nitrogens with one attached hydrogen (secondary N) is 1. The van der Waals surface area contributed by atoms with Crippen molar-refractivity contribution < 1.29 is 9.18 Å². The highest BCUT2D eigenvalue weighted by Gasteiger charge is 2.12. The molecule has 0 aliphatic carbocycles. The van der Waals surface area contributed by atoms with E-state index in [9.17, 15) is 9.18 Å². The van der Waals surface area contributed by atoms with E-state index in [4.69, 9.17) is 17.3 Å². The van der Waals surface area contributed by atoms with Gasteiger partial charge in [-0.2, -0.15) is 0 Å². The zero-order valence-electron chi connectivity index (χ0n) is 9.02. The summed E-state index contributed by atoms with van der Waals surface area (Å²) < 4.78 is 13.4. The van der Waals surface area contributed by atoms with Crippen LogP contribution in [0.3, 0.4) is 0 Å². The number of nitrogens with two attached hydrogens (primary N) is 1. The van der Waals surface area contributed by atoms with Crippen LogP contribution in [-0.2, 0) is 0 Å². The first kappa shape index (κ1) is 12.3. The average molecular weight is 267 g/mol. The quantitative estimate of drug-likeness (QED) is 0.644. The van der Waals surface area contributed by atoms with Gasteiger partial charge in [0.2, 0.25) is 5.28 Å². The summed E-state index contributed by atoms with van der Waals surface area (Å²) in [4.78, 5) is 19.2. The van der Waals surface area contributed by atoms with Crippen molar-refractivity contribution in [1.29, 1.82) is 0 Å². The zero-order chi connectivity index (χ0) is 13.1. The van der Waals surface area contributed by atoms with E-state index < -0.39 is 11.7 Å². The van der Waals surface area contributed by atoms with Gasteiger partial charge in [-0.05, 0) is 35.9 Å². The number of carbonyl (C=O) groups is 1. The number of carbonyl (C=O) groups excluding carboxylic acids is 1. The molecule has 0 atom stereocenters. The Morgan fingerprint density at radius 2 is 2.17 bits per heavy atom. The number of anilines is 2. The lowest BCUT2D eigenvalue weighted by Crippen LogP contribution is -2.15. The monoisotopic (exact) mass is 266 g/mol. The van der Waals surface area contributed by atoms with Gasteiger partial charge in [-0.1, -0.05) is 0 Å². The van der Waals surface area contributed by atoms with E-state index >= 15 is 0 Å². The molecule has 2 aromatic rings. The number of rotatable bonds is 2. The molecule has 0 spiro atoms. The molecule has 7 heteroatoms. The lowest BCUT2D eigenvalue weighted by Gasteiger charge is -2.06. The van der Waals surface area contributed by atoms with Gasteiger partial charge < -0.3 is 11.1 Å². The minimum atomic E-state index is -0.665. The van der Waals surface area contributed by atoms with E-state index in [0.717, 1.165) is 6.07 Å². The van der Waals surface area contributed by atoms with Crippen LogP contribution in [0, 0.1) is 5.82 Å². The van der Waals surface area contributed by atoms with Gasteiger partial charge in [0, 0.05) is 11.9 Å². The fourth-order valence-electron chi connectivity index (χ4n) is 1.31. The Morgan fingerprint density at radius 1 is 1.39 bits per heavy atom. The Hall–Kier alpha value is -2.21.